The Bertz CT molecular complexity index is 486. The van der Waals surface area contributed by atoms with E-state index in [1.165, 1.54) is 5.52 Å². The maximum atomic E-state index is 5.58. The van der Waals surface area contributed by atoms with Crippen LogP contribution in [-0.4, -0.2) is 35.7 Å². The van der Waals surface area contributed by atoms with Gasteiger partial charge in [0, 0.05) is 37.6 Å². The lowest BCUT2D eigenvalue weighted by Crippen LogP contribution is -2.24. The number of fused-ring (bicyclic) bond motifs is 1. The van der Waals surface area contributed by atoms with E-state index in [9.17, 15) is 0 Å². The van der Waals surface area contributed by atoms with E-state index in [1.807, 2.05) is 12.4 Å². The molecule has 1 aliphatic heterocycles. The zero-order valence-electron chi connectivity index (χ0n) is 9.80. The van der Waals surface area contributed by atoms with Crippen LogP contribution in [0.3, 0.4) is 0 Å². The summed E-state index contributed by atoms with van der Waals surface area (Å²) in [6.07, 6.45) is 6.89. The second-order valence-electron chi connectivity index (χ2n) is 4.52. The van der Waals surface area contributed by atoms with Crippen molar-refractivity contribution in [2.75, 3.05) is 26.3 Å². The first kappa shape index (κ1) is 10.7. The summed E-state index contributed by atoms with van der Waals surface area (Å²) in [4.78, 5) is 4.50. The van der Waals surface area contributed by atoms with Gasteiger partial charge in [-0.2, -0.15) is 0 Å². The van der Waals surface area contributed by atoms with Crippen molar-refractivity contribution in [1.82, 2.24) is 14.7 Å². The second-order valence-corrected chi connectivity index (χ2v) is 4.52. The van der Waals surface area contributed by atoms with Crippen LogP contribution in [0.5, 0.6) is 0 Å². The summed E-state index contributed by atoms with van der Waals surface area (Å²) in [5.41, 5.74) is 2.37. The van der Waals surface area contributed by atoms with Crippen molar-refractivity contribution in [3.63, 3.8) is 0 Å². The van der Waals surface area contributed by atoms with Crippen molar-refractivity contribution in [1.29, 1.82) is 0 Å². The van der Waals surface area contributed by atoms with Crippen LogP contribution in [0.4, 0.5) is 0 Å². The molecule has 90 valence electrons. The number of hydrogen-bond acceptors (Lipinski definition) is 3. The molecule has 17 heavy (non-hydrogen) atoms. The summed E-state index contributed by atoms with van der Waals surface area (Å²) in [6, 6.07) is 4.18. The molecule has 1 saturated heterocycles. The van der Waals surface area contributed by atoms with Gasteiger partial charge in [0.05, 0.1) is 24.4 Å². The molecule has 4 nitrogen and oxygen atoms in total. The molecule has 3 heterocycles. The average Bonchev–Trinajstić information content (AvgIpc) is 2.69. The van der Waals surface area contributed by atoms with Gasteiger partial charge in [0.1, 0.15) is 0 Å². The Morgan fingerprint density at radius 3 is 3.47 bits per heavy atom. The van der Waals surface area contributed by atoms with Crippen molar-refractivity contribution in [2.45, 2.75) is 6.42 Å². The van der Waals surface area contributed by atoms with E-state index >= 15 is 0 Å². The first-order chi connectivity index (χ1) is 8.43. The Labute approximate surface area is 101 Å². The van der Waals surface area contributed by atoms with E-state index in [0.29, 0.717) is 5.92 Å². The van der Waals surface area contributed by atoms with Crippen molar-refractivity contribution in [3.05, 3.63) is 36.4 Å². The number of ether oxygens (including phenoxy) is 1. The molecule has 3 rings (SSSR count). The number of nitrogens with zero attached hydrogens (tertiary/aromatic N) is 2. The van der Waals surface area contributed by atoms with Crippen LogP contribution < -0.4 is 5.32 Å². The molecule has 1 aliphatic rings. The summed E-state index contributed by atoms with van der Waals surface area (Å²) in [5.74, 6) is 0.520. The van der Waals surface area contributed by atoms with Gasteiger partial charge in [-0.1, -0.05) is 0 Å². The fourth-order valence-corrected chi connectivity index (χ4v) is 2.35. The molecule has 0 bridgehead atoms. The third-order valence-corrected chi connectivity index (χ3v) is 3.22. The number of hydrogen-bond donors (Lipinski definition) is 1. The molecular formula is C13H17N3O. The lowest BCUT2D eigenvalue weighted by molar-refractivity contribution is 0.123. The first-order valence-corrected chi connectivity index (χ1v) is 6.12. The van der Waals surface area contributed by atoms with Crippen LogP contribution in [-0.2, 0) is 11.2 Å². The van der Waals surface area contributed by atoms with Gasteiger partial charge in [-0.3, -0.25) is 4.98 Å². The maximum absolute atomic E-state index is 5.58. The molecule has 0 aromatic carbocycles. The third-order valence-electron chi connectivity index (χ3n) is 3.22. The van der Waals surface area contributed by atoms with Crippen molar-refractivity contribution >= 4 is 5.52 Å². The van der Waals surface area contributed by atoms with Gasteiger partial charge < -0.3 is 14.5 Å². The van der Waals surface area contributed by atoms with Gasteiger partial charge in [-0.15, -0.1) is 0 Å². The average molecular weight is 231 g/mol. The molecule has 0 spiro atoms. The molecule has 0 radical (unpaired) electrons. The summed E-state index contributed by atoms with van der Waals surface area (Å²) in [6.45, 7) is 3.62. The molecule has 0 aliphatic carbocycles. The van der Waals surface area contributed by atoms with Crippen LogP contribution in [0.2, 0.25) is 0 Å². The van der Waals surface area contributed by atoms with Gasteiger partial charge in [0.2, 0.25) is 0 Å². The minimum absolute atomic E-state index is 0.520. The smallest absolute Gasteiger partial charge is 0.0666 e. The maximum Gasteiger partial charge on any atom is 0.0666 e. The minimum Gasteiger partial charge on any atom is -0.380 e. The third kappa shape index (κ3) is 2.33. The Balaban J connectivity index is 1.81. The molecular weight excluding hydrogens is 214 g/mol. The summed E-state index contributed by atoms with van der Waals surface area (Å²) in [7, 11) is 0. The zero-order valence-corrected chi connectivity index (χ0v) is 9.80. The molecule has 1 unspecified atom stereocenters. The minimum atomic E-state index is 0.520. The first-order valence-electron chi connectivity index (χ1n) is 6.12. The largest absolute Gasteiger partial charge is 0.380 e. The van der Waals surface area contributed by atoms with E-state index in [-0.39, 0.29) is 0 Å². The molecule has 0 saturated carbocycles. The molecule has 1 N–H and O–H groups in total. The fraction of sp³-hybridized carbons (Fsp3) is 0.462. The zero-order chi connectivity index (χ0) is 11.5. The van der Waals surface area contributed by atoms with Gasteiger partial charge in [-0.25, -0.2) is 0 Å². The van der Waals surface area contributed by atoms with Gasteiger partial charge >= 0.3 is 0 Å². The standard InChI is InChI=1S/C13H17N3O/c1-2-13-12(15-3-6-16(13)5-1)8-11-9-14-4-7-17-10-11/h1-3,5-6,11,14H,4,7-10H2. The monoisotopic (exact) mass is 231 g/mol. The van der Waals surface area contributed by atoms with E-state index in [2.05, 4.69) is 33.0 Å². The Hall–Kier alpha value is -1.39. The molecule has 4 heteroatoms. The van der Waals surface area contributed by atoms with Crippen molar-refractivity contribution < 1.29 is 4.74 Å². The number of nitrogens with one attached hydrogen (secondary N) is 1. The van der Waals surface area contributed by atoms with Gasteiger partial charge in [0.15, 0.2) is 0 Å². The van der Waals surface area contributed by atoms with Gasteiger partial charge in [0.25, 0.3) is 0 Å². The molecule has 1 atom stereocenters. The highest BCUT2D eigenvalue weighted by molar-refractivity contribution is 5.52. The molecule has 1 fully saturated rings. The second kappa shape index (κ2) is 4.85. The normalized spacial score (nSPS) is 21.5. The van der Waals surface area contributed by atoms with Crippen LogP contribution in [0.1, 0.15) is 5.69 Å². The highest BCUT2D eigenvalue weighted by Crippen LogP contribution is 2.14. The summed E-state index contributed by atoms with van der Waals surface area (Å²) in [5, 5.41) is 3.40. The highest BCUT2D eigenvalue weighted by Gasteiger charge is 2.15. The Morgan fingerprint density at radius 2 is 2.47 bits per heavy atom. The quantitative estimate of drug-likeness (QED) is 0.841. The van der Waals surface area contributed by atoms with Crippen molar-refractivity contribution in [2.24, 2.45) is 5.92 Å². The number of rotatable bonds is 2. The van der Waals surface area contributed by atoms with E-state index < -0.39 is 0 Å². The molecule has 2 aromatic rings. The SMILES string of the molecule is c1cc2c(CC3CNCCOC3)nccn2c1. The summed E-state index contributed by atoms with van der Waals surface area (Å²) >= 11 is 0. The van der Waals surface area contributed by atoms with Crippen LogP contribution in [0, 0.1) is 5.92 Å². The van der Waals surface area contributed by atoms with Gasteiger partial charge in [-0.05, 0) is 18.6 Å². The lowest BCUT2D eigenvalue weighted by Gasteiger charge is -2.13. The van der Waals surface area contributed by atoms with Crippen molar-refractivity contribution in [3.8, 4) is 0 Å². The lowest BCUT2D eigenvalue weighted by atomic mass is 10.0. The van der Waals surface area contributed by atoms with Crippen LogP contribution in [0.15, 0.2) is 30.7 Å². The number of aromatic nitrogens is 2. The van der Waals surface area contributed by atoms with E-state index in [1.54, 1.807) is 0 Å². The van der Waals surface area contributed by atoms with E-state index in [0.717, 1.165) is 38.4 Å². The fourth-order valence-electron chi connectivity index (χ4n) is 2.35. The van der Waals surface area contributed by atoms with Crippen LogP contribution >= 0.6 is 0 Å². The van der Waals surface area contributed by atoms with E-state index in [4.69, 9.17) is 4.74 Å². The molecule has 2 aromatic heterocycles. The Kier molecular flexibility index (Phi) is 3.07. The molecule has 0 amide bonds. The predicted molar refractivity (Wildman–Crippen MR) is 66.1 cm³/mol. The highest BCUT2D eigenvalue weighted by atomic mass is 16.5. The predicted octanol–water partition coefficient (Wildman–Crippen LogP) is 1.11. The summed E-state index contributed by atoms with van der Waals surface area (Å²) < 4.78 is 7.69. The van der Waals surface area contributed by atoms with Crippen LogP contribution in [0.25, 0.3) is 5.52 Å². The topological polar surface area (TPSA) is 38.6 Å². The Morgan fingerprint density at radius 1 is 1.47 bits per heavy atom.